The van der Waals surface area contributed by atoms with Crippen LogP contribution in [0.2, 0.25) is 10.0 Å². The summed E-state index contributed by atoms with van der Waals surface area (Å²) in [7, 11) is 1.49. The fourth-order valence-electron chi connectivity index (χ4n) is 2.15. The zero-order valence-corrected chi connectivity index (χ0v) is 15.4. The van der Waals surface area contributed by atoms with Gasteiger partial charge in [0.2, 0.25) is 11.8 Å². The van der Waals surface area contributed by atoms with Crippen molar-refractivity contribution in [2.24, 2.45) is 0 Å². The highest BCUT2D eigenvalue weighted by atomic mass is 35.5. The number of methoxy groups -OCH3 is 1. The van der Waals surface area contributed by atoms with Gasteiger partial charge in [-0.2, -0.15) is 0 Å². The lowest BCUT2D eigenvalue weighted by atomic mass is 10.1. The molecule has 0 atom stereocenters. The lowest BCUT2D eigenvalue weighted by molar-refractivity contribution is -0.123. The van der Waals surface area contributed by atoms with Crippen LogP contribution in [-0.2, 0) is 16.0 Å². The monoisotopic (exact) mass is 380 g/mol. The Bertz CT molecular complexity index is 777. The van der Waals surface area contributed by atoms with Gasteiger partial charge in [-0.05, 0) is 36.2 Å². The van der Waals surface area contributed by atoms with Crippen LogP contribution in [0.1, 0.15) is 11.1 Å². The molecule has 0 spiro atoms. The van der Waals surface area contributed by atoms with Gasteiger partial charge in [-0.1, -0.05) is 35.3 Å². The molecule has 2 aromatic rings. The van der Waals surface area contributed by atoms with Gasteiger partial charge in [-0.25, -0.2) is 0 Å². The predicted octanol–water partition coefficient (Wildman–Crippen LogP) is 3.61. The molecule has 2 aromatic carbocycles. The van der Waals surface area contributed by atoms with Crippen LogP contribution in [0.5, 0.6) is 5.75 Å². The second kappa shape index (κ2) is 8.74. The molecule has 0 aliphatic carbocycles. The zero-order valence-electron chi connectivity index (χ0n) is 13.9. The van der Waals surface area contributed by atoms with Crippen molar-refractivity contribution in [3.63, 3.8) is 0 Å². The molecule has 2 amide bonds. The number of benzene rings is 2. The van der Waals surface area contributed by atoms with E-state index in [2.05, 4.69) is 10.6 Å². The SMILES string of the molecule is COc1cc(Cl)c(C)cc1NC(=O)CNC(=O)Cc1ccc(Cl)cc1. The van der Waals surface area contributed by atoms with Gasteiger partial charge < -0.3 is 15.4 Å². The van der Waals surface area contributed by atoms with Crippen LogP contribution in [0.15, 0.2) is 36.4 Å². The number of carbonyl (C=O) groups is 2. The van der Waals surface area contributed by atoms with Gasteiger partial charge in [-0.15, -0.1) is 0 Å². The molecule has 0 radical (unpaired) electrons. The van der Waals surface area contributed by atoms with Gasteiger partial charge in [0, 0.05) is 16.1 Å². The highest BCUT2D eigenvalue weighted by molar-refractivity contribution is 6.31. The smallest absolute Gasteiger partial charge is 0.243 e. The van der Waals surface area contributed by atoms with Crippen LogP contribution < -0.4 is 15.4 Å². The third-order valence-corrected chi connectivity index (χ3v) is 4.14. The van der Waals surface area contributed by atoms with Crippen molar-refractivity contribution in [2.45, 2.75) is 13.3 Å². The van der Waals surface area contributed by atoms with E-state index in [9.17, 15) is 9.59 Å². The molecular weight excluding hydrogens is 363 g/mol. The summed E-state index contributed by atoms with van der Waals surface area (Å²) in [5, 5.41) is 6.43. The Kier molecular flexibility index (Phi) is 6.67. The lowest BCUT2D eigenvalue weighted by Crippen LogP contribution is -2.33. The van der Waals surface area contributed by atoms with Crippen LogP contribution in [-0.4, -0.2) is 25.5 Å². The van der Waals surface area contributed by atoms with Crippen LogP contribution in [0.3, 0.4) is 0 Å². The zero-order chi connectivity index (χ0) is 18.4. The molecule has 132 valence electrons. The first kappa shape index (κ1) is 19.1. The first-order valence-electron chi connectivity index (χ1n) is 7.54. The van der Waals surface area contributed by atoms with E-state index in [0.29, 0.717) is 21.5 Å². The maximum Gasteiger partial charge on any atom is 0.243 e. The summed E-state index contributed by atoms with van der Waals surface area (Å²) >= 11 is 11.8. The largest absolute Gasteiger partial charge is 0.495 e. The van der Waals surface area contributed by atoms with E-state index in [4.69, 9.17) is 27.9 Å². The third-order valence-electron chi connectivity index (χ3n) is 3.48. The number of aryl methyl sites for hydroxylation is 1. The minimum atomic E-state index is -0.357. The van der Waals surface area contributed by atoms with Crippen molar-refractivity contribution in [3.05, 3.63) is 57.6 Å². The molecule has 0 aliphatic rings. The van der Waals surface area contributed by atoms with Crippen molar-refractivity contribution < 1.29 is 14.3 Å². The van der Waals surface area contributed by atoms with Gasteiger partial charge >= 0.3 is 0 Å². The van der Waals surface area contributed by atoms with E-state index >= 15 is 0 Å². The number of amides is 2. The van der Waals surface area contributed by atoms with Crippen LogP contribution in [0.4, 0.5) is 5.69 Å². The summed E-state index contributed by atoms with van der Waals surface area (Å²) in [5.41, 5.74) is 2.13. The Morgan fingerprint density at radius 2 is 1.76 bits per heavy atom. The topological polar surface area (TPSA) is 67.4 Å². The molecule has 25 heavy (non-hydrogen) atoms. The summed E-state index contributed by atoms with van der Waals surface area (Å²) in [6, 6.07) is 10.3. The van der Waals surface area contributed by atoms with E-state index < -0.39 is 0 Å². The molecule has 0 saturated heterocycles. The maximum atomic E-state index is 12.0. The minimum absolute atomic E-state index is 0.142. The number of carbonyl (C=O) groups excluding carboxylic acids is 2. The second-order valence-corrected chi connectivity index (χ2v) is 6.27. The van der Waals surface area contributed by atoms with Crippen molar-refractivity contribution in [1.29, 1.82) is 0 Å². The average Bonchev–Trinajstić information content (AvgIpc) is 2.58. The second-order valence-electron chi connectivity index (χ2n) is 5.43. The van der Waals surface area contributed by atoms with Crippen LogP contribution in [0, 0.1) is 6.92 Å². The molecule has 2 rings (SSSR count). The van der Waals surface area contributed by atoms with Gasteiger partial charge in [0.1, 0.15) is 5.75 Å². The van der Waals surface area contributed by atoms with Gasteiger partial charge in [0.05, 0.1) is 25.8 Å². The highest BCUT2D eigenvalue weighted by Gasteiger charge is 2.11. The molecule has 0 bridgehead atoms. The number of anilines is 1. The van der Waals surface area contributed by atoms with E-state index in [1.54, 1.807) is 36.4 Å². The third kappa shape index (κ3) is 5.66. The number of halogens is 2. The number of rotatable bonds is 6. The van der Waals surface area contributed by atoms with Crippen molar-refractivity contribution in [3.8, 4) is 5.75 Å². The normalized spacial score (nSPS) is 10.2. The van der Waals surface area contributed by atoms with Crippen molar-refractivity contribution in [1.82, 2.24) is 5.32 Å². The first-order valence-corrected chi connectivity index (χ1v) is 8.29. The standard InChI is InChI=1S/C18H18Cl2N2O3/c1-11-7-15(16(25-2)9-14(11)20)22-18(24)10-21-17(23)8-12-3-5-13(19)6-4-12/h3-7,9H,8,10H2,1-2H3,(H,21,23)(H,22,24). The van der Waals surface area contributed by atoms with Crippen LogP contribution >= 0.6 is 23.2 Å². The molecule has 2 N–H and O–H groups in total. The summed E-state index contributed by atoms with van der Waals surface area (Å²) in [5.74, 6) is -0.155. The fraction of sp³-hybridized carbons (Fsp3) is 0.222. The number of nitrogens with one attached hydrogen (secondary N) is 2. The molecule has 0 heterocycles. The molecule has 5 nitrogen and oxygen atoms in total. The highest BCUT2D eigenvalue weighted by Crippen LogP contribution is 2.30. The van der Waals surface area contributed by atoms with Crippen LogP contribution in [0.25, 0.3) is 0 Å². The molecule has 0 fully saturated rings. The number of hydrogen-bond donors (Lipinski definition) is 2. The summed E-state index contributed by atoms with van der Waals surface area (Å²) in [4.78, 5) is 24.0. The summed E-state index contributed by atoms with van der Waals surface area (Å²) in [6.07, 6.45) is 0.174. The van der Waals surface area contributed by atoms with E-state index in [1.807, 2.05) is 6.92 Å². The van der Waals surface area contributed by atoms with Gasteiger partial charge in [0.15, 0.2) is 0 Å². The Morgan fingerprint density at radius 1 is 1.08 bits per heavy atom. The predicted molar refractivity (Wildman–Crippen MR) is 99.5 cm³/mol. The molecule has 7 heteroatoms. The van der Waals surface area contributed by atoms with E-state index in [1.165, 1.54) is 7.11 Å². The van der Waals surface area contributed by atoms with Gasteiger partial charge in [0.25, 0.3) is 0 Å². The van der Waals surface area contributed by atoms with E-state index in [-0.39, 0.29) is 24.8 Å². The molecule has 0 aromatic heterocycles. The Morgan fingerprint density at radius 3 is 2.40 bits per heavy atom. The fourth-order valence-corrected chi connectivity index (χ4v) is 2.43. The average molecular weight is 381 g/mol. The Labute approximate surface area is 156 Å². The minimum Gasteiger partial charge on any atom is -0.495 e. The van der Waals surface area contributed by atoms with Gasteiger partial charge in [-0.3, -0.25) is 9.59 Å². The molecule has 0 unspecified atom stereocenters. The molecule has 0 aliphatic heterocycles. The lowest BCUT2D eigenvalue weighted by Gasteiger charge is -2.12. The molecular formula is C18H18Cl2N2O3. The Hall–Kier alpha value is -2.24. The summed E-state index contributed by atoms with van der Waals surface area (Å²) in [6.45, 7) is 1.68. The van der Waals surface area contributed by atoms with E-state index in [0.717, 1.165) is 11.1 Å². The molecule has 0 saturated carbocycles. The number of hydrogen-bond acceptors (Lipinski definition) is 3. The maximum absolute atomic E-state index is 12.0. The van der Waals surface area contributed by atoms with Crippen molar-refractivity contribution in [2.75, 3.05) is 19.0 Å². The number of ether oxygens (including phenoxy) is 1. The van der Waals surface area contributed by atoms with Crippen molar-refractivity contribution >= 4 is 40.7 Å². The first-order chi connectivity index (χ1) is 11.9. The summed E-state index contributed by atoms with van der Waals surface area (Å²) < 4.78 is 5.20. The Balaban J connectivity index is 1.89. The quantitative estimate of drug-likeness (QED) is 0.804.